The highest BCUT2D eigenvalue weighted by molar-refractivity contribution is 7.91. The van der Waals surface area contributed by atoms with E-state index in [2.05, 4.69) is 6.58 Å². The van der Waals surface area contributed by atoms with E-state index in [1.807, 2.05) is 6.92 Å². The van der Waals surface area contributed by atoms with Gasteiger partial charge >= 0.3 is 0 Å². The first-order valence-electron chi connectivity index (χ1n) is 5.58. The van der Waals surface area contributed by atoms with Crippen LogP contribution in [0.2, 0.25) is 0 Å². The van der Waals surface area contributed by atoms with E-state index < -0.39 is 9.84 Å². The molecule has 0 unspecified atom stereocenters. The van der Waals surface area contributed by atoms with Crippen molar-refractivity contribution in [3.8, 4) is 0 Å². The fourth-order valence-corrected chi connectivity index (χ4v) is 2.94. The lowest BCUT2D eigenvalue weighted by Crippen LogP contribution is -2.01. The van der Waals surface area contributed by atoms with Gasteiger partial charge in [-0.1, -0.05) is 42.5 Å². The molecular formula is C15H14O2S. The molecule has 0 atom stereocenters. The highest BCUT2D eigenvalue weighted by Crippen LogP contribution is 2.22. The maximum atomic E-state index is 12.3. The lowest BCUT2D eigenvalue weighted by molar-refractivity contribution is 0.596. The molecule has 2 rings (SSSR count). The van der Waals surface area contributed by atoms with Gasteiger partial charge in [0.15, 0.2) is 0 Å². The third-order valence-corrected chi connectivity index (χ3v) is 4.50. The van der Waals surface area contributed by atoms with Crippen LogP contribution in [0.1, 0.15) is 12.5 Å². The molecule has 0 radical (unpaired) electrons. The molecule has 0 aliphatic heterocycles. The van der Waals surface area contributed by atoms with Crippen molar-refractivity contribution in [1.82, 2.24) is 0 Å². The largest absolute Gasteiger partial charge is 0.219 e. The van der Waals surface area contributed by atoms with Gasteiger partial charge in [-0.2, -0.15) is 0 Å². The van der Waals surface area contributed by atoms with Gasteiger partial charge in [0.1, 0.15) is 0 Å². The lowest BCUT2D eigenvalue weighted by Gasteiger charge is -2.05. The van der Waals surface area contributed by atoms with Gasteiger partial charge in [-0.05, 0) is 36.8 Å². The molecule has 3 heteroatoms. The van der Waals surface area contributed by atoms with Crippen molar-refractivity contribution < 1.29 is 8.42 Å². The van der Waals surface area contributed by atoms with Crippen molar-refractivity contribution in [3.63, 3.8) is 0 Å². The van der Waals surface area contributed by atoms with Gasteiger partial charge in [-0.3, -0.25) is 0 Å². The van der Waals surface area contributed by atoms with Crippen LogP contribution >= 0.6 is 0 Å². The van der Waals surface area contributed by atoms with Crippen molar-refractivity contribution in [2.24, 2.45) is 0 Å². The molecule has 0 saturated carbocycles. The Morgan fingerprint density at radius 3 is 1.89 bits per heavy atom. The molecule has 0 aromatic heterocycles. The fourth-order valence-electron chi connectivity index (χ4n) is 1.65. The lowest BCUT2D eigenvalue weighted by atomic mass is 10.1. The molecule has 2 nitrogen and oxygen atoms in total. The third-order valence-electron chi connectivity index (χ3n) is 2.71. The van der Waals surface area contributed by atoms with Crippen molar-refractivity contribution >= 4 is 15.4 Å². The van der Waals surface area contributed by atoms with Crippen LogP contribution in [0.4, 0.5) is 0 Å². The summed E-state index contributed by atoms with van der Waals surface area (Å²) in [6.07, 6.45) is 0. The zero-order valence-corrected chi connectivity index (χ0v) is 10.9. The van der Waals surface area contributed by atoms with Crippen LogP contribution in [0.5, 0.6) is 0 Å². The molecule has 2 aromatic rings. The molecule has 0 heterocycles. The van der Waals surface area contributed by atoms with Crippen LogP contribution in [-0.4, -0.2) is 8.42 Å². The number of benzene rings is 2. The van der Waals surface area contributed by atoms with Crippen molar-refractivity contribution in [1.29, 1.82) is 0 Å². The average Bonchev–Trinajstić information content (AvgIpc) is 2.40. The van der Waals surface area contributed by atoms with Crippen LogP contribution in [-0.2, 0) is 9.84 Å². The number of hydrogen-bond acceptors (Lipinski definition) is 2. The minimum Gasteiger partial charge on any atom is -0.219 e. The van der Waals surface area contributed by atoms with Gasteiger partial charge in [0.2, 0.25) is 9.84 Å². The zero-order chi connectivity index (χ0) is 13.2. The van der Waals surface area contributed by atoms with Gasteiger partial charge in [-0.15, -0.1) is 0 Å². The Kier molecular flexibility index (Phi) is 3.34. The molecular weight excluding hydrogens is 244 g/mol. The Morgan fingerprint density at radius 1 is 0.889 bits per heavy atom. The summed E-state index contributed by atoms with van der Waals surface area (Å²) >= 11 is 0. The minimum atomic E-state index is -3.41. The van der Waals surface area contributed by atoms with Crippen LogP contribution in [0, 0.1) is 0 Å². The van der Waals surface area contributed by atoms with E-state index in [1.54, 1.807) is 54.6 Å². The maximum absolute atomic E-state index is 12.3. The molecule has 0 N–H and O–H groups in total. The minimum absolute atomic E-state index is 0.304. The quantitative estimate of drug-likeness (QED) is 0.843. The van der Waals surface area contributed by atoms with Crippen molar-refractivity contribution in [2.45, 2.75) is 16.7 Å². The first-order valence-corrected chi connectivity index (χ1v) is 7.06. The van der Waals surface area contributed by atoms with Crippen LogP contribution in [0.3, 0.4) is 0 Å². The summed E-state index contributed by atoms with van der Waals surface area (Å²) in [5.41, 5.74) is 1.86. The highest BCUT2D eigenvalue weighted by Gasteiger charge is 2.16. The second-order valence-electron chi connectivity index (χ2n) is 4.12. The van der Waals surface area contributed by atoms with E-state index in [-0.39, 0.29) is 0 Å². The predicted molar refractivity (Wildman–Crippen MR) is 73.0 cm³/mol. The number of sulfone groups is 1. The Hall–Kier alpha value is -1.87. The van der Waals surface area contributed by atoms with Crippen molar-refractivity contribution in [3.05, 3.63) is 66.7 Å². The molecule has 0 aliphatic rings. The number of hydrogen-bond donors (Lipinski definition) is 0. The van der Waals surface area contributed by atoms with Gasteiger partial charge in [-0.25, -0.2) is 8.42 Å². The summed E-state index contributed by atoms with van der Waals surface area (Å²) < 4.78 is 24.6. The Balaban J connectivity index is 2.46. The molecule has 92 valence electrons. The van der Waals surface area contributed by atoms with Gasteiger partial charge in [0.05, 0.1) is 9.79 Å². The van der Waals surface area contributed by atoms with Crippen LogP contribution in [0.15, 0.2) is 71.0 Å². The average molecular weight is 258 g/mol. The second-order valence-corrected chi connectivity index (χ2v) is 6.07. The molecule has 0 saturated heterocycles. The monoisotopic (exact) mass is 258 g/mol. The normalized spacial score (nSPS) is 11.2. The molecule has 0 spiro atoms. The number of rotatable bonds is 3. The smallest absolute Gasteiger partial charge is 0.206 e. The Morgan fingerprint density at radius 2 is 1.39 bits per heavy atom. The maximum Gasteiger partial charge on any atom is 0.206 e. The summed E-state index contributed by atoms with van der Waals surface area (Å²) in [7, 11) is -3.41. The summed E-state index contributed by atoms with van der Waals surface area (Å²) in [6, 6.07) is 15.2. The fraction of sp³-hybridized carbons (Fsp3) is 0.0667. The Bertz CT molecular complexity index is 653. The van der Waals surface area contributed by atoms with Crippen LogP contribution in [0.25, 0.3) is 5.57 Å². The van der Waals surface area contributed by atoms with E-state index in [1.165, 1.54) is 0 Å². The molecule has 0 amide bonds. The van der Waals surface area contributed by atoms with Crippen molar-refractivity contribution in [2.75, 3.05) is 0 Å². The van der Waals surface area contributed by atoms with Gasteiger partial charge < -0.3 is 0 Å². The molecule has 2 aromatic carbocycles. The molecule has 0 aliphatic carbocycles. The molecule has 0 bridgehead atoms. The van der Waals surface area contributed by atoms with Crippen LogP contribution < -0.4 is 0 Å². The first kappa shape index (κ1) is 12.6. The first-order chi connectivity index (χ1) is 8.51. The van der Waals surface area contributed by atoms with E-state index in [4.69, 9.17) is 0 Å². The Labute approximate surface area is 108 Å². The second kappa shape index (κ2) is 4.78. The number of allylic oxidation sites excluding steroid dienone is 1. The summed E-state index contributed by atoms with van der Waals surface area (Å²) in [4.78, 5) is 0.617. The van der Waals surface area contributed by atoms with Gasteiger partial charge in [0, 0.05) is 0 Å². The molecule has 18 heavy (non-hydrogen) atoms. The predicted octanol–water partition coefficient (Wildman–Crippen LogP) is 3.55. The third kappa shape index (κ3) is 2.36. The summed E-state index contributed by atoms with van der Waals surface area (Å²) in [6.45, 7) is 5.72. The molecule has 0 fully saturated rings. The van der Waals surface area contributed by atoms with E-state index >= 15 is 0 Å². The van der Waals surface area contributed by atoms with E-state index in [0.29, 0.717) is 9.79 Å². The highest BCUT2D eigenvalue weighted by atomic mass is 32.2. The van der Waals surface area contributed by atoms with E-state index in [0.717, 1.165) is 11.1 Å². The zero-order valence-electron chi connectivity index (χ0n) is 10.1. The van der Waals surface area contributed by atoms with Gasteiger partial charge in [0.25, 0.3) is 0 Å². The summed E-state index contributed by atoms with van der Waals surface area (Å²) in [5.74, 6) is 0. The topological polar surface area (TPSA) is 34.1 Å². The standard InChI is InChI=1S/C15H14O2S/c1-12(2)13-8-10-15(11-9-13)18(16,17)14-6-4-3-5-7-14/h3-11H,1H2,2H3. The summed E-state index contributed by atoms with van der Waals surface area (Å²) in [5, 5.41) is 0. The SMILES string of the molecule is C=C(C)c1ccc(S(=O)(=O)c2ccccc2)cc1. The van der Waals surface area contributed by atoms with E-state index in [9.17, 15) is 8.42 Å².